The smallest absolute Gasteiger partial charge is 0.319 e. The van der Waals surface area contributed by atoms with Crippen molar-refractivity contribution in [2.24, 2.45) is 0 Å². The van der Waals surface area contributed by atoms with Gasteiger partial charge in [-0.3, -0.25) is 4.79 Å². The number of hydrogen-bond donors (Lipinski definition) is 1. The van der Waals surface area contributed by atoms with Gasteiger partial charge in [0.15, 0.2) is 0 Å². The Morgan fingerprint density at radius 2 is 1.77 bits per heavy atom. The molecule has 144 valence electrons. The average molecular weight is 361 g/mol. The summed E-state index contributed by atoms with van der Waals surface area (Å²) in [5.74, 6) is -0.0646. The van der Waals surface area contributed by atoms with Crippen molar-refractivity contribution in [3.05, 3.63) is 35.9 Å². The number of ether oxygens (including phenoxy) is 1. The first-order chi connectivity index (χ1) is 12.5. The molecule has 26 heavy (non-hydrogen) atoms. The number of amides is 3. The second-order valence-corrected chi connectivity index (χ2v) is 6.79. The largest absolute Gasteiger partial charge is 0.385 e. The number of rotatable bonds is 7. The highest BCUT2D eigenvalue weighted by molar-refractivity contribution is 5.94. The van der Waals surface area contributed by atoms with Gasteiger partial charge in [-0.05, 0) is 45.2 Å². The van der Waals surface area contributed by atoms with Crippen molar-refractivity contribution < 1.29 is 14.3 Å². The third-order valence-corrected chi connectivity index (χ3v) is 5.22. The number of carbonyl (C=O) groups excluding carboxylic acids is 2. The van der Waals surface area contributed by atoms with Crippen molar-refractivity contribution in [1.29, 1.82) is 0 Å². The summed E-state index contributed by atoms with van der Waals surface area (Å²) in [5.41, 5.74) is 0.328. The topological polar surface area (TPSA) is 61.9 Å². The number of nitrogens with one attached hydrogen (secondary N) is 1. The normalized spacial score (nSPS) is 16.2. The van der Waals surface area contributed by atoms with Crippen LogP contribution in [0, 0.1) is 0 Å². The Balaban J connectivity index is 2.04. The molecule has 6 heteroatoms. The van der Waals surface area contributed by atoms with Crippen LogP contribution in [0.1, 0.15) is 43.5 Å². The van der Waals surface area contributed by atoms with Crippen LogP contribution >= 0.6 is 0 Å². The summed E-state index contributed by atoms with van der Waals surface area (Å²) in [6.07, 6.45) is 2.22. The molecule has 0 aliphatic carbocycles. The van der Waals surface area contributed by atoms with Gasteiger partial charge in [0.2, 0.25) is 0 Å². The van der Waals surface area contributed by atoms with Crippen LogP contribution in [-0.2, 0) is 4.74 Å². The zero-order valence-electron chi connectivity index (χ0n) is 16.2. The maximum Gasteiger partial charge on any atom is 0.319 e. The number of carbonyl (C=O) groups is 2. The highest BCUT2D eigenvalue weighted by Gasteiger charge is 2.37. The Morgan fingerprint density at radius 3 is 2.31 bits per heavy atom. The summed E-state index contributed by atoms with van der Waals surface area (Å²) in [6, 6.07) is 9.35. The van der Waals surface area contributed by atoms with E-state index in [0.29, 0.717) is 38.3 Å². The third kappa shape index (κ3) is 4.97. The van der Waals surface area contributed by atoms with E-state index in [-0.39, 0.29) is 17.5 Å². The fourth-order valence-electron chi connectivity index (χ4n) is 3.46. The van der Waals surface area contributed by atoms with E-state index in [1.54, 1.807) is 7.11 Å². The molecule has 0 radical (unpaired) electrons. The number of likely N-dealkylation sites (tertiary alicyclic amines) is 1. The summed E-state index contributed by atoms with van der Waals surface area (Å²) < 4.78 is 5.26. The second-order valence-electron chi connectivity index (χ2n) is 6.79. The molecule has 6 nitrogen and oxygen atoms in total. The van der Waals surface area contributed by atoms with Crippen LogP contribution in [0.15, 0.2) is 30.3 Å². The molecule has 1 aliphatic rings. The SMILES string of the molecule is CCN(CC)C(=O)N1CCC(CCOC)(NC(=O)c2ccccc2)CC1. The number of methoxy groups -OCH3 is 1. The molecule has 1 fully saturated rings. The van der Waals surface area contributed by atoms with Gasteiger partial charge in [0.25, 0.3) is 5.91 Å². The molecule has 0 bridgehead atoms. The standard InChI is InChI=1S/C20H31N3O3/c1-4-22(5-2)19(25)23-14-11-20(12-15-23,13-16-26-3)21-18(24)17-9-7-6-8-10-17/h6-10H,4-5,11-16H2,1-3H3,(H,21,24). The lowest BCUT2D eigenvalue weighted by Crippen LogP contribution is -2.58. The third-order valence-electron chi connectivity index (χ3n) is 5.22. The molecule has 1 saturated heterocycles. The van der Waals surface area contributed by atoms with Gasteiger partial charge in [-0.25, -0.2) is 4.79 Å². The van der Waals surface area contributed by atoms with Gasteiger partial charge in [-0.15, -0.1) is 0 Å². The summed E-state index contributed by atoms with van der Waals surface area (Å²) in [4.78, 5) is 29.0. The van der Waals surface area contributed by atoms with Gasteiger partial charge in [-0.2, -0.15) is 0 Å². The lowest BCUT2D eigenvalue weighted by atomic mass is 9.84. The average Bonchev–Trinajstić information content (AvgIpc) is 2.68. The van der Waals surface area contributed by atoms with Crippen LogP contribution in [0.25, 0.3) is 0 Å². The van der Waals surface area contributed by atoms with E-state index >= 15 is 0 Å². The number of hydrogen-bond acceptors (Lipinski definition) is 3. The maximum absolute atomic E-state index is 12.7. The molecule has 1 aliphatic heterocycles. The first-order valence-corrected chi connectivity index (χ1v) is 9.45. The maximum atomic E-state index is 12.7. The molecule has 0 unspecified atom stereocenters. The molecular weight excluding hydrogens is 330 g/mol. The quantitative estimate of drug-likeness (QED) is 0.812. The first-order valence-electron chi connectivity index (χ1n) is 9.45. The molecule has 0 aromatic heterocycles. The van der Waals surface area contributed by atoms with E-state index in [1.165, 1.54) is 0 Å². The van der Waals surface area contributed by atoms with Crippen molar-refractivity contribution in [3.63, 3.8) is 0 Å². The fraction of sp³-hybridized carbons (Fsp3) is 0.600. The van der Waals surface area contributed by atoms with Gasteiger partial charge in [0.05, 0.1) is 0 Å². The monoisotopic (exact) mass is 361 g/mol. The highest BCUT2D eigenvalue weighted by Crippen LogP contribution is 2.27. The first kappa shape index (κ1) is 20.2. The molecule has 1 heterocycles. The van der Waals surface area contributed by atoms with E-state index < -0.39 is 0 Å². The minimum absolute atomic E-state index is 0.0646. The summed E-state index contributed by atoms with van der Waals surface area (Å²) in [6.45, 7) is 7.29. The van der Waals surface area contributed by atoms with Crippen LogP contribution in [-0.4, -0.2) is 67.2 Å². The van der Waals surface area contributed by atoms with Crippen molar-refractivity contribution >= 4 is 11.9 Å². The summed E-state index contributed by atoms with van der Waals surface area (Å²) in [7, 11) is 1.67. The Bertz CT molecular complexity index is 579. The van der Waals surface area contributed by atoms with Gasteiger partial charge in [0, 0.05) is 51.0 Å². The van der Waals surface area contributed by atoms with Gasteiger partial charge in [0.1, 0.15) is 0 Å². The Morgan fingerprint density at radius 1 is 1.15 bits per heavy atom. The van der Waals surface area contributed by atoms with Crippen LogP contribution < -0.4 is 5.32 Å². The van der Waals surface area contributed by atoms with Gasteiger partial charge < -0.3 is 19.9 Å². The van der Waals surface area contributed by atoms with Crippen LogP contribution in [0.4, 0.5) is 4.79 Å². The zero-order chi connectivity index (χ0) is 19.0. The molecule has 0 spiro atoms. The molecule has 1 aromatic carbocycles. The summed E-state index contributed by atoms with van der Waals surface area (Å²) in [5, 5.41) is 3.23. The number of urea groups is 1. The zero-order valence-corrected chi connectivity index (χ0v) is 16.2. The lowest BCUT2D eigenvalue weighted by Gasteiger charge is -2.43. The second kappa shape index (κ2) is 9.57. The van der Waals surface area contributed by atoms with E-state index in [4.69, 9.17) is 4.74 Å². The van der Waals surface area contributed by atoms with E-state index in [9.17, 15) is 9.59 Å². The molecule has 1 aromatic rings. The number of benzene rings is 1. The Kier molecular flexibility index (Phi) is 7.45. The molecule has 1 N–H and O–H groups in total. The van der Waals surface area contributed by atoms with Crippen molar-refractivity contribution in [2.75, 3.05) is 39.9 Å². The van der Waals surface area contributed by atoms with E-state index in [0.717, 1.165) is 19.3 Å². The van der Waals surface area contributed by atoms with Crippen LogP contribution in [0.3, 0.4) is 0 Å². The molecular formula is C20H31N3O3. The van der Waals surface area contributed by atoms with Gasteiger partial charge in [-0.1, -0.05) is 18.2 Å². The minimum atomic E-state index is -0.330. The van der Waals surface area contributed by atoms with Crippen molar-refractivity contribution in [3.8, 4) is 0 Å². The van der Waals surface area contributed by atoms with Gasteiger partial charge >= 0.3 is 6.03 Å². The highest BCUT2D eigenvalue weighted by atomic mass is 16.5. The molecule has 0 saturated carbocycles. The van der Waals surface area contributed by atoms with Crippen LogP contribution in [0.2, 0.25) is 0 Å². The Labute approximate surface area is 156 Å². The molecule has 0 atom stereocenters. The minimum Gasteiger partial charge on any atom is -0.385 e. The van der Waals surface area contributed by atoms with E-state index in [1.807, 2.05) is 54.0 Å². The number of nitrogens with zero attached hydrogens (tertiary/aromatic N) is 2. The molecule has 3 amide bonds. The van der Waals surface area contributed by atoms with E-state index in [2.05, 4.69) is 5.32 Å². The molecule has 2 rings (SSSR count). The number of piperidine rings is 1. The van der Waals surface area contributed by atoms with Crippen molar-refractivity contribution in [1.82, 2.24) is 15.1 Å². The predicted molar refractivity (Wildman–Crippen MR) is 102 cm³/mol. The fourth-order valence-corrected chi connectivity index (χ4v) is 3.46. The van der Waals surface area contributed by atoms with Crippen molar-refractivity contribution in [2.45, 2.75) is 38.6 Å². The Hall–Kier alpha value is -2.08. The summed E-state index contributed by atoms with van der Waals surface area (Å²) >= 11 is 0. The predicted octanol–water partition coefficient (Wildman–Crippen LogP) is 2.75. The van der Waals surface area contributed by atoms with Crippen LogP contribution in [0.5, 0.6) is 0 Å². The lowest BCUT2D eigenvalue weighted by molar-refractivity contribution is 0.0714.